The van der Waals surface area contributed by atoms with Crippen LogP contribution in [0.25, 0.3) is 11.1 Å². The summed E-state index contributed by atoms with van der Waals surface area (Å²) in [7, 11) is 0.785. The third-order valence-electron chi connectivity index (χ3n) is 18.1. The maximum absolute atomic E-state index is 13.4. The van der Waals surface area contributed by atoms with E-state index in [2.05, 4.69) is 104 Å². The molecule has 10 unspecified atom stereocenters. The molecule has 0 fully saturated rings. The maximum atomic E-state index is 13.4. The van der Waals surface area contributed by atoms with Crippen molar-refractivity contribution in [3.63, 3.8) is 0 Å². The highest BCUT2D eigenvalue weighted by Gasteiger charge is 2.35. The van der Waals surface area contributed by atoms with Crippen LogP contribution in [0.15, 0.2) is 24.3 Å². The maximum Gasteiger partial charge on any atom is 0.200 e. The third-order valence-corrected chi connectivity index (χ3v) is 27.1. The summed E-state index contributed by atoms with van der Waals surface area (Å²) >= 11 is -1.85. The van der Waals surface area contributed by atoms with E-state index in [4.69, 9.17) is 0 Å². The van der Waals surface area contributed by atoms with E-state index in [1.54, 1.807) is 27.3 Å². The molecular weight excluding hydrogens is 989 g/mol. The van der Waals surface area contributed by atoms with E-state index >= 15 is 0 Å². The fourth-order valence-electron chi connectivity index (χ4n) is 13.6. The molecule has 0 amide bonds. The molecular formula is C68H124AlF6P. The van der Waals surface area contributed by atoms with Crippen molar-refractivity contribution in [3.05, 3.63) is 59.2 Å². The van der Waals surface area contributed by atoms with Gasteiger partial charge in [-0.3, -0.25) is 0 Å². The van der Waals surface area contributed by atoms with Gasteiger partial charge in [0.05, 0.1) is 17.9 Å². The summed E-state index contributed by atoms with van der Waals surface area (Å²) in [6, 6.07) is 4.22. The first kappa shape index (κ1) is 75.0. The van der Waals surface area contributed by atoms with Gasteiger partial charge in [-0.1, -0.05) is 300 Å². The first-order valence-electron chi connectivity index (χ1n) is 32.6. The number of hydrogen-bond acceptors (Lipinski definition) is 0. The van der Waals surface area contributed by atoms with Crippen molar-refractivity contribution in [2.24, 2.45) is 53.3 Å². The predicted octanol–water partition coefficient (Wildman–Crippen LogP) is 25.0. The molecule has 0 saturated carbocycles. The van der Waals surface area contributed by atoms with Gasteiger partial charge in [0.25, 0.3) is 0 Å². The van der Waals surface area contributed by atoms with Crippen LogP contribution < -0.4 is 0 Å². The molecule has 8 heteroatoms. The van der Waals surface area contributed by atoms with Gasteiger partial charge in [0, 0.05) is 5.56 Å². The quantitative estimate of drug-likeness (QED) is 0.0155. The molecule has 76 heavy (non-hydrogen) atoms. The summed E-state index contributed by atoms with van der Waals surface area (Å²) in [5.41, 5.74) is -1.96. The Morgan fingerprint density at radius 3 is 0.987 bits per heavy atom. The highest BCUT2D eigenvalue weighted by molar-refractivity contribution is 7.37. The zero-order chi connectivity index (χ0) is 57.5. The zero-order valence-electron chi connectivity index (χ0n) is 52.6. The van der Waals surface area contributed by atoms with Crippen LogP contribution >= 0.6 is 8.58 Å². The van der Waals surface area contributed by atoms with Crippen LogP contribution in [0.4, 0.5) is 26.3 Å². The molecule has 0 radical (unpaired) electrons. The molecule has 0 aromatic heterocycles. The lowest BCUT2D eigenvalue weighted by Gasteiger charge is -2.45. The minimum Gasteiger partial charge on any atom is -0.206 e. The van der Waals surface area contributed by atoms with Gasteiger partial charge in [-0.05, 0) is 57.1 Å². The molecule has 0 spiro atoms. The lowest BCUT2D eigenvalue weighted by atomic mass is 9.92. The van der Waals surface area contributed by atoms with Gasteiger partial charge in [0.1, 0.15) is 18.9 Å². The molecule has 2 aromatic rings. The molecule has 446 valence electrons. The van der Waals surface area contributed by atoms with Gasteiger partial charge in [-0.15, -0.1) is 0 Å². The second kappa shape index (κ2) is 45.6. The molecule has 0 aliphatic rings. The normalized spacial score (nSPS) is 16.2. The summed E-state index contributed by atoms with van der Waals surface area (Å²) in [6.45, 7) is 37.1. The number of hydrogen-bond donors (Lipinski definition) is 0. The standard InChI is InChI=1S/C12H4F6.C12H27P.4C11H23.Al/c13-6-4-2-1-3-5(6)7-8(14)10(16)12(18)11(17)9(7)15;1-4-7-8-12(6-3)9-11-13-10-5-2;4*1-5-7-11(6-2)9-8-10(3)4;/h1-4H;12-13H,4-11H2,1-3H3;4*10-11H,3,5-9H2,1-2,4H3;/q;;;;;;-1/p+1. The van der Waals surface area contributed by atoms with Crippen molar-refractivity contribution >= 4 is 21.7 Å². The molecule has 2 aromatic carbocycles. The smallest absolute Gasteiger partial charge is 0.200 e. The Morgan fingerprint density at radius 1 is 0.355 bits per heavy atom. The number of unbranched alkanes of at least 4 members (excludes halogenated alkanes) is 1. The van der Waals surface area contributed by atoms with E-state index in [-0.39, 0.29) is 0 Å². The molecule has 0 saturated heterocycles. The predicted molar refractivity (Wildman–Crippen MR) is 333 cm³/mol. The minimum atomic E-state index is -2.27. The van der Waals surface area contributed by atoms with Gasteiger partial charge < -0.3 is 0 Å². The fraction of sp³-hybridized carbons (Fsp3) is 0.824. The van der Waals surface area contributed by atoms with E-state index in [1.807, 2.05) is 0 Å². The average molecular weight is 1110 g/mol. The van der Waals surface area contributed by atoms with Crippen LogP contribution in [0.2, 0.25) is 21.1 Å². The molecule has 0 aliphatic carbocycles. The largest absolute Gasteiger partial charge is 0.206 e. The second-order valence-corrected chi connectivity index (χ2v) is 32.2. The fourth-order valence-corrected chi connectivity index (χ4v) is 24.0. The average Bonchev–Trinajstić information content (AvgIpc) is 3.40. The van der Waals surface area contributed by atoms with Crippen LogP contribution in [0.1, 0.15) is 271 Å². The summed E-state index contributed by atoms with van der Waals surface area (Å²) < 4.78 is 78.8. The summed E-state index contributed by atoms with van der Waals surface area (Å²) in [5, 5.41) is 6.61. The monoisotopic (exact) mass is 1110 g/mol. The van der Waals surface area contributed by atoms with Gasteiger partial charge >= 0.3 is 0 Å². The van der Waals surface area contributed by atoms with Gasteiger partial charge in [0.15, 0.2) is 23.3 Å². The highest BCUT2D eigenvalue weighted by Crippen LogP contribution is 2.43. The van der Waals surface area contributed by atoms with E-state index in [0.717, 1.165) is 74.0 Å². The number of rotatable bonds is 42. The SMILES string of the molecule is CCCC(CC)CCC(C)[CH2][Al-]([CH2]C(C)CCC(CC)CCC)([CH2]C(C)CCC(CC)CCC)[CH2]C(C)CCC(CC)CCC.CCCCC(CC)CC[PH2+]CCC.Fc1ccccc1-c1c(F)c(F)c(F)c(F)c1F. The number of halogens is 6. The summed E-state index contributed by atoms with van der Waals surface area (Å²) in [4.78, 5) is 0. The van der Waals surface area contributed by atoms with Gasteiger partial charge in [0.2, 0.25) is 5.82 Å². The lowest BCUT2D eigenvalue weighted by Crippen LogP contribution is -2.41. The molecule has 10 atom stereocenters. The molecule has 0 bridgehead atoms. The molecule has 0 nitrogen and oxygen atoms in total. The Labute approximate surface area is 473 Å². The molecule has 2 rings (SSSR count). The Balaban J connectivity index is 0.00000145. The highest BCUT2D eigenvalue weighted by atomic mass is 31.1. The first-order valence-corrected chi connectivity index (χ1v) is 37.5. The summed E-state index contributed by atoms with van der Waals surface area (Å²) in [6.07, 6.45) is 40.4. The van der Waals surface area contributed by atoms with E-state index in [0.29, 0.717) is 0 Å². The van der Waals surface area contributed by atoms with Crippen molar-refractivity contribution in [1.82, 2.24) is 0 Å². The molecule has 0 aliphatic heterocycles. The van der Waals surface area contributed by atoms with Crippen molar-refractivity contribution < 1.29 is 26.3 Å². The van der Waals surface area contributed by atoms with Crippen molar-refractivity contribution in [2.45, 2.75) is 292 Å². The van der Waals surface area contributed by atoms with Crippen molar-refractivity contribution in [1.29, 1.82) is 0 Å². The Kier molecular flexibility index (Phi) is 45.0. The first-order chi connectivity index (χ1) is 36.3. The van der Waals surface area contributed by atoms with E-state index in [1.165, 1.54) is 185 Å². The Bertz CT molecular complexity index is 1550. The Morgan fingerprint density at radius 2 is 0.684 bits per heavy atom. The number of benzene rings is 2. The van der Waals surface area contributed by atoms with Crippen LogP contribution in [-0.2, 0) is 0 Å². The molecule has 0 heterocycles. The molecule has 0 N–H and O–H groups in total. The van der Waals surface area contributed by atoms with Crippen LogP contribution in [0.3, 0.4) is 0 Å². The van der Waals surface area contributed by atoms with Crippen LogP contribution in [-0.4, -0.2) is 25.4 Å². The second-order valence-electron chi connectivity index (χ2n) is 25.2. The summed E-state index contributed by atoms with van der Waals surface area (Å²) in [5.74, 6) is -3.04. The topological polar surface area (TPSA) is 0 Å². The van der Waals surface area contributed by atoms with E-state index in [9.17, 15) is 26.3 Å². The zero-order valence-corrected chi connectivity index (χ0v) is 54.9. The lowest BCUT2D eigenvalue weighted by molar-refractivity contribution is 0.368. The van der Waals surface area contributed by atoms with Crippen LogP contribution in [0.5, 0.6) is 0 Å². The van der Waals surface area contributed by atoms with Gasteiger partial charge in [-0.2, -0.15) is 21.1 Å². The van der Waals surface area contributed by atoms with Crippen LogP contribution in [0, 0.1) is 88.2 Å². The van der Waals surface area contributed by atoms with Gasteiger partial charge in [-0.25, -0.2) is 26.3 Å². The third kappa shape index (κ3) is 31.3. The van der Waals surface area contributed by atoms with Crippen molar-refractivity contribution in [3.8, 4) is 11.1 Å². The minimum absolute atomic E-state index is 0.690. The van der Waals surface area contributed by atoms with Crippen molar-refractivity contribution in [2.75, 3.05) is 12.3 Å². The Hall–Kier alpha value is -1.02. The van der Waals surface area contributed by atoms with E-state index < -0.39 is 59.1 Å².